The van der Waals surface area contributed by atoms with Gasteiger partial charge in [0.05, 0.1) is 10.7 Å². The number of non-ortho nitro benzene ring substituents is 1. The van der Waals surface area contributed by atoms with Crippen LogP contribution in [0.2, 0.25) is 0 Å². The van der Waals surface area contributed by atoms with Crippen LogP contribution in [-0.2, 0) is 6.54 Å². The SMILES string of the molecule is CCn1c(SCC(=O)c2cccc([N+](=O)[O-])c2)nnc1-c1cccc(C)c1. The highest BCUT2D eigenvalue weighted by molar-refractivity contribution is 7.99. The number of Topliss-reactive ketones (excluding diaryl/α,β-unsaturated/α-hetero) is 1. The second kappa shape index (κ2) is 8.13. The van der Waals surface area contributed by atoms with Crippen molar-refractivity contribution in [2.75, 3.05) is 5.75 Å². The van der Waals surface area contributed by atoms with Gasteiger partial charge in [-0.3, -0.25) is 14.9 Å². The van der Waals surface area contributed by atoms with Gasteiger partial charge in [-0.05, 0) is 19.9 Å². The number of hydrogen-bond donors (Lipinski definition) is 0. The van der Waals surface area contributed by atoms with Gasteiger partial charge < -0.3 is 4.57 Å². The summed E-state index contributed by atoms with van der Waals surface area (Å²) in [5.74, 6) is 0.700. The first-order valence-electron chi connectivity index (χ1n) is 8.40. The average Bonchev–Trinajstić information content (AvgIpc) is 3.09. The second-order valence-electron chi connectivity index (χ2n) is 5.94. The van der Waals surface area contributed by atoms with Gasteiger partial charge >= 0.3 is 0 Å². The van der Waals surface area contributed by atoms with Crippen molar-refractivity contribution in [3.05, 3.63) is 69.8 Å². The summed E-state index contributed by atoms with van der Waals surface area (Å²) < 4.78 is 1.96. The molecule has 0 N–H and O–H groups in total. The molecular formula is C19H18N4O3S. The Morgan fingerprint density at radius 3 is 2.67 bits per heavy atom. The van der Waals surface area contributed by atoms with Crippen LogP contribution in [0.1, 0.15) is 22.8 Å². The quantitative estimate of drug-likeness (QED) is 0.264. The molecule has 0 aliphatic carbocycles. The van der Waals surface area contributed by atoms with Gasteiger partial charge in [-0.25, -0.2) is 0 Å². The fraction of sp³-hybridized carbons (Fsp3) is 0.211. The normalized spacial score (nSPS) is 10.7. The number of hydrogen-bond acceptors (Lipinski definition) is 6. The minimum absolute atomic E-state index is 0.0932. The first-order chi connectivity index (χ1) is 13.0. The zero-order valence-corrected chi connectivity index (χ0v) is 15.8. The number of carbonyl (C=O) groups excluding carboxylic acids is 1. The smallest absolute Gasteiger partial charge is 0.270 e. The lowest BCUT2D eigenvalue weighted by molar-refractivity contribution is -0.384. The highest BCUT2D eigenvalue weighted by atomic mass is 32.2. The molecule has 1 heterocycles. The zero-order valence-electron chi connectivity index (χ0n) is 15.0. The molecule has 0 radical (unpaired) electrons. The molecule has 0 aliphatic rings. The fourth-order valence-corrected chi connectivity index (χ4v) is 3.58. The van der Waals surface area contributed by atoms with E-state index in [1.165, 1.54) is 30.0 Å². The molecule has 138 valence electrons. The van der Waals surface area contributed by atoms with Crippen LogP contribution in [0.5, 0.6) is 0 Å². The summed E-state index contributed by atoms with van der Waals surface area (Å²) in [5, 5.41) is 20.0. The zero-order chi connectivity index (χ0) is 19.4. The minimum Gasteiger partial charge on any atom is -0.302 e. The summed E-state index contributed by atoms with van der Waals surface area (Å²) in [7, 11) is 0. The number of nitro groups is 1. The van der Waals surface area contributed by atoms with Gasteiger partial charge in [0.15, 0.2) is 16.8 Å². The van der Waals surface area contributed by atoms with Crippen LogP contribution in [0.15, 0.2) is 53.7 Å². The lowest BCUT2D eigenvalue weighted by Crippen LogP contribution is -2.05. The number of carbonyl (C=O) groups is 1. The highest BCUT2D eigenvalue weighted by Gasteiger charge is 2.16. The van der Waals surface area contributed by atoms with Gasteiger partial charge in [0, 0.05) is 29.8 Å². The molecule has 0 saturated heterocycles. The molecule has 1 aromatic heterocycles. The second-order valence-corrected chi connectivity index (χ2v) is 6.88. The van der Waals surface area contributed by atoms with Crippen molar-refractivity contribution in [3.63, 3.8) is 0 Å². The third-order valence-electron chi connectivity index (χ3n) is 4.02. The van der Waals surface area contributed by atoms with Gasteiger partial charge in [-0.1, -0.05) is 47.7 Å². The summed E-state index contributed by atoms with van der Waals surface area (Å²) >= 11 is 1.28. The Bertz CT molecular complexity index is 1000. The monoisotopic (exact) mass is 382 g/mol. The third-order valence-corrected chi connectivity index (χ3v) is 4.99. The summed E-state index contributed by atoms with van der Waals surface area (Å²) in [6.45, 7) is 4.68. The largest absolute Gasteiger partial charge is 0.302 e. The van der Waals surface area contributed by atoms with E-state index >= 15 is 0 Å². The van der Waals surface area contributed by atoms with Gasteiger partial charge in [0.1, 0.15) is 0 Å². The minimum atomic E-state index is -0.508. The number of thioether (sulfide) groups is 1. The molecule has 3 rings (SSSR count). The van der Waals surface area contributed by atoms with Gasteiger partial charge in [0.2, 0.25) is 0 Å². The maximum atomic E-state index is 12.4. The predicted molar refractivity (Wildman–Crippen MR) is 104 cm³/mol. The maximum absolute atomic E-state index is 12.4. The van der Waals surface area contributed by atoms with Gasteiger partial charge in [-0.15, -0.1) is 10.2 Å². The lowest BCUT2D eigenvalue weighted by atomic mass is 10.1. The predicted octanol–water partition coefficient (Wildman–Crippen LogP) is 4.16. The first-order valence-corrected chi connectivity index (χ1v) is 9.39. The van der Waals surface area contributed by atoms with Crippen LogP contribution in [0.3, 0.4) is 0 Å². The van der Waals surface area contributed by atoms with E-state index in [1.54, 1.807) is 6.07 Å². The number of benzene rings is 2. The molecule has 0 bridgehead atoms. The number of nitro benzene ring substituents is 1. The molecule has 7 nitrogen and oxygen atoms in total. The molecule has 8 heteroatoms. The molecule has 27 heavy (non-hydrogen) atoms. The molecular weight excluding hydrogens is 364 g/mol. The van der Waals surface area contributed by atoms with E-state index < -0.39 is 4.92 Å². The van der Waals surface area contributed by atoms with E-state index in [1.807, 2.05) is 42.7 Å². The van der Waals surface area contributed by atoms with Crippen molar-refractivity contribution in [3.8, 4) is 11.4 Å². The van der Waals surface area contributed by atoms with E-state index in [2.05, 4.69) is 10.2 Å². The van der Waals surface area contributed by atoms with Crippen LogP contribution in [0.4, 0.5) is 5.69 Å². The number of aryl methyl sites for hydroxylation is 1. The molecule has 0 aliphatic heterocycles. The topological polar surface area (TPSA) is 90.9 Å². The Morgan fingerprint density at radius 1 is 1.19 bits per heavy atom. The summed E-state index contributed by atoms with van der Waals surface area (Å²) in [6, 6.07) is 13.8. The first kappa shape index (κ1) is 18.8. The Labute approximate surface area is 160 Å². The molecule has 3 aromatic rings. The molecule has 0 fully saturated rings. The van der Waals surface area contributed by atoms with Crippen molar-refractivity contribution in [1.29, 1.82) is 0 Å². The van der Waals surface area contributed by atoms with Crippen LogP contribution in [0, 0.1) is 17.0 Å². The number of rotatable bonds is 7. The van der Waals surface area contributed by atoms with Crippen molar-refractivity contribution in [1.82, 2.24) is 14.8 Å². The Kier molecular flexibility index (Phi) is 5.66. The van der Waals surface area contributed by atoms with Gasteiger partial charge in [0.25, 0.3) is 5.69 Å². The summed E-state index contributed by atoms with van der Waals surface area (Å²) in [4.78, 5) is 22.8. The van der Waals surface area contributed by atoms with Crippen molar-refractivity contribution < 1.29 is 9.72 Å². The molecule has 0 atom stereocenters. The van der Waals surface area contributed by atoms with E-state index in [0.717, 1.165) is 17.0 Å². The standard InChI is InChI=1S/C19H18N4O3S/c1-3-22-18(15-8-4-6-13(2)10-15)20-21-19(22)27-12-17(24)14-7-5-9-16(11-14)23(25)26/h4-11H,3,12H2,1-2H3. The van der Waals surface area contributed by atoms with Crippen LogP contribution in [-0.4, -0.2) is 31.2 Å². The van der Waals surface area contributed by atoms with Crippen molar-refractivity contribution in [2.24, 2.45) is 0 Å². The van der Waals surface area contributed by atoms with Crippen LogP contribution >= 0.6 is 11.8 Å². The molecule has 2 aromatic carbocycles. The Balaban J connectivity index is 1.78. The van der Waals surface area contributed by atoms with Crippen molar-refractivity contribution >= 4 is 23.2 Å². The summed E-state index contributed by atoms with van der Waals surface area (Å²) in [6.07, 6.45) is 0. The van der Waals surface area contributed by atoms with Crippen LogP contribution < -0.4 is 0 Å². The van der Waals surface area contributed by atoms with Gasteiger partial charge in [-0.2, -0.15) is 0 Å². The number of ketones is 1. The average molecular weight is 382 g/mol. The van der Waals surface area contributed by atoms with Crippen LogP contribution in [0.25, 0.3) is 11.4 Å². The highest BCUT2D eigenvalue weighted by Crippen LogP contribution is 2.25. The fourth-order valence-electron chi connectivity index (χ4n) is 2.68. The lowest BCUT2D eigenvalue weighted by Gasteiger charge is -2.07. The summed E-state index contributed by atoms with van der Waals surface area (Å²) in [5.41, 5.74) is 2.33. The van der Waals surface area contributed by atoms with E-state index in [0.29, 0.717) is 17.3 Å². The third kappa shape index (κ3) is 4.22. The van der Waals surface area contributed by atoms with E-state index in [-0.39, 0.29) is 17.2 Å². The Morgan fingerprint density at radius 2 is 1.96 bits per heavy atom. The maximum Gasteiger partial charge on any atom is 0.270 e. The molecule has 0 amide bonds. The molecule has 0 saturated carbocycles. The number of aromatic nitrogens is 3. The van der Waals surface area contributed by atoms with Crippen molar-refractivity contribution in [2.45, 2.75) is 25.5 Å². The molecule has 0 spiro atoms. The Hall–Kier alpha value is -3.00. The molecule has 0 unspecified atom stereocenters. The number of nitrogens with zero attached hydrogens (tertiary/aromatic N) is 4. The van der Waals surface area contributed by atoms with E-state index in [9.17, 15) is 14.9 Å². The van der Waals surface area contributed by atoms with E-state index in [4.69, 9.17) is 0 Å².